The molecule has 2 aromatic rings. The van der Waals surface area contributed by atoms with Crippen molar-refractivity contribution in [1.82, 2.24) is 14.5 Å². The number of hydrogen-bond donors (Lipinski definition) is 1. The second kappa shape index (κ2) is 13.4. The first-order valence-electron chi connectivity index (χ1n) is 11.8. The molecule has 0 unspecified atom stereocenters. The van der Waals surface area contributed by atoms with Gasteiger partial charge in [-0.05, 0) is 61.7 Å². The van der Waals surface area contributed by atoms with Crippen LogP contribution in [0, 0.1) is 5.82 Å². The molecule has 0 aliphatic rings. The van der Waals surface area contributed by atoms with Gasteiger partial charge in [0.25, 0.3) is 0 Å². The number of carbonyl (C=O) groups excluding carboxylic acids is 2. The molecule has 0 fully saturated rings. The molecule has 37 heavy (non-hydrogen) atoms. The largest absolute Gasteiger partial charge is 0.352 e. The summed E-state index contributed by atoms with van der Waals surface area (Å²) in [7, 11) is -1.47. The van der Waals surface area contributed by atoms with Crippen LogP contribution in [-0.2, 0) is 26.3 Å². The number of amides is 2. The predicted molar refractivity (Wildman–Crippen MR) is 145 cm³/mol. The molecular weight excluding hydrogens is 542 g/mol. The van der Waals surface area contributed by atoms with Gasteiger partial charge in [-0.1, -0.05) is 43.1 Å². The first-order chi connectivity index (χ1) is 17.3. The zero-order valence-electron chi connectivity index (χ0n) is 21.5. The maximum absolute atomic E-state index is 13.8. The van der Waals surface area contributed by atoms with Crippen molar-refractivity contribution in [3.63, 3.8) is 0 Å². The van der Waals surface area contributed by atoms with Crippen molar-refractivity contribution in [3.8, 4) is 0 Å². The normalized spacial score (nSPS) is 13.2. The van der Waals surface area contributed by atoms with Crippen LogP contribution in [0.1, 0.15) is 39.2 Å². The second-order valence-electron chi connectivity index (χ2n) is 8.79. The number of benzene rings is 2. The van der Waals surface area contributed by atoms with E-state index in [1.807, 2.05) is 13.8 Å². The summed E-state index contributed by atoms with van der Waals surface area (Å²) in [6.45, 7) is 4.93. The van der Waals surface area contributed by atoms with Crippen molar-refractivity contribution >= 4 is 50.9 Å². The van der Waals surface area contributed by atoms with Crippen molar-refractivity contribution < 1.29 is 22.4 Å². The Bertz CT molecular complexity index is 1200. The maximum atomic E-state index is 13.8. The molecule has 0 aromatic heterocycles. The first kappa shape index (κ1) is 30.8. The Morgan fingerprint density at radius 1 is 1.00 bits per heavy atom. The van der Waals surface area contributed by atoms with Crippen LogP contribution >= 0.6 is 23.2 Å². The van der Waals surface area contributed by atoms with Gasteiger partial charge in [-0.3, -0.25) is 9.59 Å². The van der Waals surface area contributed by atoms with Crippen molar-refractivity contribution in [2.24, 2.45) is 0 Å². The maximum Gasteiger partial charge on any atom is 0.304 e. The summed E-state index contributed by atoms with van der Waals surface area (Å²) in [5, 5.41) is 3.52. The van der Waals surface area contributed by atoms with E-state index in [9.17, 15) is 22.4 Å². The number of anilines is 1. The highest BCUT2D eigenvalue weighted by molar-refractivity contribution is 7.90. The van der Waals surface area contributed by atoms with E-state index < -0.39 is 34.5 Å². The Labute approximate surface area is 228 Å². The molecule has 0 bridgehead atoms. The fourth-order valence-electron chi connectivity index (χ4n) is 3.52. The van der Waals surface area contributed by atoms with Gasteiger partial charge < -0.3 is 10.2 Å². The summed E-state index contributed by atoms with van der Waals surface area (Å²) < 4.78 is 41.7. The quantitative estimate of drug-likeness (QED) is 0.405. The van der Waals surface area contributed by atoms with Crippen LogP contribution in [-0.4, -0.2) is 62.2 Å². The van der Waals surface area contributed by atoms with E-state index in [1.54, 1.807) is 25.1 Å². The zero-order chi connectivity index (χ0) is 27.9. The van der Waals surface area contributed by atoms with E-state index in [0.717, 1.165) is 20.7 Å². The number of nitrogens with zero attached hydrogens (tertiary/aromatic N) is 3. The number of rotatable bonds is 12. The SMILES string of the molecule is CC[C@H](C(=O)N[C@@H](C)CC)N(Cc1ccc(Cl)c(Cl)c1)C(=O)CN(c1ccc(F)cc1)S(=O)(=O)N(C)C. The minimum Gasteiger partial charge on any atom is -0.352 e. The van der Waals surface area contributed by atoms with Gasteiger partial charge in [-0.15, -0.1) is 0 Å². The van der Waals surface area contributed by atoms with Gasteiger partial charge in [0.1, 0.15) is 18.4 Å². The minimum absolute atomic E-state index is 0.0125. The number of halogens is 3. The summed E-state index contributed by atoms with van der Waals surface area (Å²) in [6, 6.07) is 8.64. The molecule has 204 valence electrons. The fourth-order valence-corrected chi connectivity index (χ4v) is 4.90. The van der Waals surface area contributed by atoms with Crippen LogP contribution in [0.15, 0.2) is 42.5 Å². The Morgan fingerprint density at radius 3 is 2.14 bits per heavy atom. The topological polar surface area (TPSA) is 90.0 Å². The standard InChI is InChI=1S/C25H33Cl2FN4O4S/c1-6-17(3)29-25(34)23(7-2)31(15-18-8-13-21(26)22(27)14-18)24(33)16-32(37(35,36)30(4)5)20-11-9-19(28)10-12-20/h8-14,17,23H,6-7,15-16H2,1-5H3,(H,29,34)/t17-,23+/m0/s1. The van der Waals surface area contributed by atoms with Crippen LogP contribution in [0.3, 0.4) is 0 Å². The summed E-state index contributed by atoms with van der Waals surface area (Å²) in [5.41, 5.74) is 0.719. The molecule has 0 heterocycles. The Morgan fingerprint density at radius 2 is 1.62 bits per heavy atom. The average Bonchev–Trinajstić information content (AvgIpc) is 2.84. The van der Waals surface area contributed by atoms with Crippen LogP contribution < -0.4 is 9.62 Å². The van der Waals surface area contributed by atoms with Gasteiger partial charge in [-0.25, -0.2) is 8.70 Å². The van der Waals surface area contributed by atoms with E-state index in [4.69, 9.17) is 23.2 Å². The Balaban J connectivity index is 2.52. The van der Waals surface area contributed by atoms with E-state index in [1.165, 1.54) is 31.1 Å². The van der Waals surface area contributed by atoms with Gasteiger partial charge in [-0.2, -0.15) is 12.7 Å². The molecule has 2 amide bonds. The number of carbonyl (C=O) groups is 2. The highest BCUT2D eigenvalue weighted by atomic mass is 35.5. The van der Waals surface area contributed by atoms with E-state index in [-0.39, 0.29) is 35.6 Å². The molecule has 1 N–H and O–H groups in total. The minimum atomic E-state index is -4.14. The third-order valence-electron chi connectivity index (χ3n) is 5.86. The first-order valence-corrected chi connectivity index (χ1v) is 14.0. The Kier molecular flexibility index (Phi) is 11.2. The fraction of sp³-hybridized carbons (Fsp3) is 0.440. The van der Waals surface area contributed by atoms with Gasteiger partial charge in [0, 0.05) is 26.7 Å². The summed E-state index contributed by atoms with van der Waals surface area (Å²) in [5.74, 6) is -1.52. The lowest BCUT2D eigenvalue weighted by Crippen LogP contribution is -2.54. The molecule has 2 aromatic carbocycles. The molecule has 0 saturated carbocycles. The number of nitrogens with one attached hydrogen (secondary N) is 1. The molecule has 8 nitrogen and oxygen atoms in total. The molecule has 12 heteroatoms. The zero-order valence-corrected chi connectivity index (χ0v) is 23.9. The van der Waals surface area contributed by atoms with E-state index in [0.29, 0.717) is 17.0 Å². The van der Waals surface area contributed by atoms with Gasteiger partial charge in [0.2, 0.25) is 11.8 Å². The molecule has 2 atom stereocenters. The lowest BCUT2D eigenvalue weighted by molar-refractivity contribution is -0.140. The molecule has 0 aliphatic carbocycles. The third-order valence-corrected chi connectivity index (χ3v) is 8.42. The lowest BCUT2D eigenvalue weighted by Gasteiger charge is -2.34. The van der Waals surface area contributed by atoms with Crippen LogP contribution in [0.2, 0.25) is 10.0 Å². The van der Waals surface area contributed by atoms with E-state index in [2.05, 4.69) is 5.32 Å². The molecule has 0 radical (unpaired) electrons. The molecule has 0 spiro atoms. The highest BCUT2D eigenvalue weighted by Gasteiger charge is 2.34. The van der Waals surface area contributed by atoms with E-state index >= 15 is 0 Å². The molecule has 2 rings (SSSR count). The van der Waals surface area contributed by atoms with Crippen LogP contribution in [0.4, 0.5) is 10.1 Å². The molecule has 0 aliphatic heterocycles. The monoisotopic (exact) mass is 574 g/mol. The van der Waals surface area contributed by atoms with Gasteiger partial charge in [0.05, 0.1) is 15.7 Å². The lowest BCUT2D eigenvalue weighted by atomic mass is 10.1. The Hall–Kier alpha value is -2.40. The summed E-state index contributed by atoms with van der Waals surface area (Å²) in [6.07, 6.45) is 0.981. The van der Waals surface area contributed by atoms with Gasteiger partial charge in [0.15, 0.2) is 0 Å². The smallest absolute Gasteiger partial charge is 0.304 e. The van der Waals surface area contributed by atoms with Crippen molar-refractivity contribution in [2.45, 2.75) is 52.2 Å². The van der Waals surface area contributed by atoms with Crippen molar-refractivity contribution in [1.29, 1.82) is 0 Å². The van der Waals surface area contributed by atoms with Crippen LogP contribution in [0.25, 0.3) is 0 Å². The number of hydrogen-bond acceptors (Lipinski definition) is 4. The highest BCUT2D eigenvalue weighted by Crippen LogP contribution is 2.25. The molecule has 0 saturated heterocycles. The summed E-state index contributed by atoms with van der Waals surface area (Å²) >= 11 is 12.2. The van der Waals surface area contributed by atoms with Crippen LogP contribution in [0.5, 0.6) is 0 Å². The third kappa shape index (κ3) is 8.04. The van der Waals surface area contributed by atoms with Gasteiger partial charge >= 0.3 is 10.2 Å². The molecular formula is C25H33Cl2FN4O4S. The summed E-state index contributed by atoms with van der Waals surface area (Å²) in [4.78, 5) is 28.3. The van der Waals surface area contributed by atoms with Crippen molar-refractivity contribution in [3.05, 3.63) is 63.9 Å². The predicted octanol–water partition coefficient (Wildman–Crippen LogP) is 4.47. The average molecular weight is 576 g/mol. The van der Waals surface area contributed by atoms with Crippen molar-refractivity contribution in [2.75, 3.05) is 24.9 Å². The second-order valence-corrected chi connectivity index (χ2v) is 11.7.